The smallest absolute Gasteiger partial charge is 0.331 e. The number of carbonyl (C=O) groups is 3. The molecule has 0 saturated heterocycles. The summed E-state index contributed by atoms with van der Waals surface area (Å²) < 4.78 is 5.02. The van der Waals surface area contributed by atoms with E-state index in [1.165, 1.54) is 13.0 Å². The first-order valence-corrected chi connectivity index (χ1v) is 9.32. The fourth-order valence-electron chi connectivity index (χ4n) is 2.13. The average Bonchev–Trinajstić information content (AvgIpc) is 3.09. The lowest BCUT2D eigenvalue weighted by atomic mass is 10.2. The van der Waals surface area contributed by atoms with Crippen LogP contribution in [0.3, 0.4) is 0 Å². The molecule has 1 unspecified atom stereocenters. The van der Waals surface area contributed by atoms with E-state index in [9.17, 15) is 14.4 Å². The van der Waals surface area contributed by atoms with Gasteiger partial charge in [-0.3, -0.25) is 10.1 Å². The lowest BCUT2D eigenvalue weighted by Crippen LogP contribution is -2.46. The molecule has 7 heteroatoms. The molecule has 3 amide bonds. The third-order valence-corrected chi connectivity index (χ3v) is 4.49. The summed E-state index contributed by atoms with van der Waals surface area (Å²) in [6.07, 6.45) is 1.82. The molecule has 0 aliphatic rings. The summed E-state index contributed by atoms with van der Waals surface area (Å²) in [7, 11) is 0. The molecule has 0 spiro atoms. The third kappa shape index (κ3) is 6.71. The molecule has 0 saturated carbocycles. The highest BCUT2D eigenvalue weighted by atomic mass is 32.1. The van der Waals surface area contributed by atoms with E-state index < -0.39 is 24.0 Å². The first kappa shape index (κ1) is 20.4. The molecule has 0 aliphatic carbocycles. The number of esters is 1. The van der Waals surface area contributed by atoms with Crippen LogP contribution in [0.2, 0.25) is 0 Å². The number of imide groups is 1. The number of thiophene rings is 1. The fourth-order valence-corrected chi connectivity index (χ4v) is 3.05. The van der Waals surface area contributed by atoms with Crippen LogP contribution in [0.1, 0.15) is 25.6 Å². The van der Waals surface area contributed by atoms with Gasteiger partial charge in [-0.2, -0.15) is 0 Å². The van der Waals surface area contributed by atoms with Crippen molar-refractivity contribution in [3.63, 3.8) is 0 Å². The zero-order valence-corrected chi connectivity index (χ0v) is 16.2. The second-order valence-corrected chi connectivity index (χ2v) is 7.21. The van der Waals surface area contributed by atoms with E-state index in [-0.39, 0.29) is 6.04 Å². The van der Waals surface area contributed by atoms with E-state index in [4.69, 9.17) is 4.74 Å². The van der Waals surface area contributed by atoms with Crippen LogP contribution in [-0.2, 0) is 14.3 Å². The van der Waals surface area contributed by atoms with E-state index in [0.29, 0.717) is 0 Å². The van der Waals surface area contributed by atoms with Gasteiger partial charge in [0.15, 0.2) is 6.10 Å². The summed E-state index contributed by atoms with van der Waals surface area (Å²) >= 11 is 1.54. The van der Waals surface area contributed by atoms with Crippen molar-refractivity contribution in [1.82, 2.24) is 10.6 Å². The Balaban J connectivity index is 1.87. The number of ether oxygens (including phenoxy) is 1. The zero-order chi connectivity index (χ0) is 19.8. The Bertz CT molecular complexity index is 828. The van der Waals surface area contributed by atoms with Gasteiger partial charge < -0.3 is 10.1 Å². The van der Waals surface area contributed by atoms with Crippen molar-refractivity contribution < 1.29 is 19.1 Å². The summed E-state index contributed by atoms with van der Waals surface area (Å²) in [5.74, 6) is -1.34. The van der Waals surface area contributed by atoms with E-state index in [1.807, 2.05) is 42.5 Å². The average molecular weight is 386 g/mol. The molecule has 2 aromatic rings. The maximum absolute atomic E-state index is 11.9. The Morgan fingerprint density at radius 1 is 1.04 bits per heavy atom. The first-order valence-electron chi connectivity index (χ1n) is 8.50. The highest BCUT2D eigenvalue weighted by Crippen LogP contribution is 2.28. The predicted molar refractivity (Wildman–Crippen MR) is 106 cm³/mol. The van der Waals surface area contributed by atoms with Crippen molar-refractivity contribution in [1.29, 1.82) is 0 Å². The van der Waals surface area contributed by atoms with Crippen LogP contribution in [0.4, 0.5) is 4.79 Å². The molecule has 1 atom stereocenters. The van der Waals surface area contributed by atoms with Gasteiger partial charge in [-0.15, -0.1) is 11.3 Å². The Morgan fingerprint density at radius 2 is 1.74 bits per heavy atom. The van der Waals surface area contributed by atoms with Gasteiger partial charge >= 0.3 is 12.0 Å². The maximum Gasteiger partial charge on any atom is 0.331 e. The topological polar surface area (TPSA) is 84.5 Å². The van der Waals surface area contributed by atoms with Crippen LogP contribution in [0.5, 0.6) is 0 Å². The van der Waals surface area contributed by atoms with Crippen LogP contribution >= 0.6 is 11.3 Å². The van der Waals surface area contributed by atoms with Crippen molar-refractivity contribution in [2.24, 2.45) is 0 Å². The van der Waals surface area contributed by atoms with Gasteiger partial charge in [0.25, 0.3) is 5.91 Å². The lowest BCUT2D eigenvalue weighted by Gasteiger charge is -2.13. The Hall–Kier alpha value is -2.93. The molecule has 0 radical (unpaired) electrons. The van der Waals surface area contributed by atoms with Gasteiger partial charge in [-0.25, -0.2) is 9.59 Å². The monoisotopic (exact) mass is 386 g/mol. The summed E-state index contributed by atoms with van der Waals surface area (Å²) in [6.45, 7) is 4.94. The SMILES string of the molecule is CC(C)NC(=O)NC(=O)C(C)OC(=O)/C=C/c1ccc(-c2ccccc2)s1. The number of hydrogen-bond donors (Lipinski definition) is 2. The minimum atomic E-state index is -1.08. The van der Waals surface area contributed by atoms with E-state index in [2.05, 4.69) is 10.6 Å². The highest BCUT2D eigenvalue weighted by molar-refractivity contribution is 7.16. The first-order chi connectivity index (χ1) is 12.8. The van der Waals surface area contributed by atoms with Crippen LogP contribution < -0.4 is 10.6 Å². The largest absolute Gasteiger partial charge is 0.449 e. The summed E-state index contributed by atoms with van der Waals surface area (Å²) in [6, 6.07) is 13.1. The number of hydrogen-bond acceptors (Lipinski definition) is 5. The molecule has 27 heavy (non-hydrogen) atoms. The number of amides is 3. The normalized spacial score (nSPS) is 12.0. The van der Waals surface area contributed by atoms with Crippen LogP contribution in [0, 0.1) is 0 Å². The molecule has 0 bridgehead atoms. The number of urea groups is 1. The fraction of sp³-hybridized carbons (Fsp3) is 0.250. The maximum atomic E-state index is 11.9. The zero-order valence-electron chi connectivity index (χ0n) is 15.4. The van der Waals surface area contributed by atoms with E-state index >= 15 is 0 Å². The molecule has 1 aromatic carbocycles. The third-order valence-electron chi connectivity index (χ3n) is 3.39. The molecular formula is C20H22N2O4S. The highest BCUT2D eigenvalue weighted by Gasteiger charge is 2.19. The van der Waals surface area contributed by atoms with E-state index in [0.717, 1.165) is 15.3 Å². The second-order valence-electron chi connectivity index (χ2n) is 6.10. The summed E-state index contributed by atoms with van der Waals surface area (Å²) in [4.78, 5) is 37.2. The van der Waals surface area contributed by atoms with Gasteiger partial charge in [0.1, 0.15) is 0 Å². The molecule has 142 valence electrons. The Labute approximate surface area is 162 Å². The van der Waals surface area contributed by atoms with Gasteiger partial charge in [-0.1, -0.05) is 30.3 Å². The van der Waals surface area contributed by atoms with E-state index in [1.54, 1.807) is 31.3 Å². The lowest BCUT2D eigenvalue weighted by molar-refractivity contribution is -0.149. The van der Waals surface area contributed by atoms with Crippen molar-refractivity contribution in [2.45, 2.75) is 32.9 Å². The summed E-state index contributed by atoms with van der Waals surface area (Å²) in [5, 5.41) is 4.64. The van der Waals surface area contributed by atoms with Gasteiger partial charge in [0, 0.05) is 21.9 Å². The molecular weight excluding hydrogens is 364 g/mol. The molecule has 1 aromatic heterocycles. The molecule has 6 nitrogen and oxygen atoms in total. The predicted octanol–water partition coefficient (Wildman–Crippen LogP) is 3.59. The van der Waals surface area contributed by atoms with Crippen LogP contribution in [0.15, 0.2) is 48.5 Å². The molecule has 1 heterocycles. The van der Waals surface area contributed by atoms with Crippen LogP contribution in [-0.4, -0.2) is 30.1 Å². The van der Waals surface area contributed by atoms with Gasteiger partial charge in [-0.05, 0) is 44.5 Å². The minimum absolute atomic E-state index is 0.106. The van der Waals surface area contributed by atoms with Gasteiger partial charge in [0.2, 0.25) is 0 Å². The Morgan fingerprint density at radius 3 is 2.41 bits per heavy atom. The number of benzene rings is 1. The second kappa shape index (κ2) is 9.68. The summed E-state index contributed by atoms with van der Waals surface area (Å²) in [5.41, 5.74) is 1.11. The standard InChI is InChI=1S/C20H22N2O4S/c1-13(2)21-20(25)22-19(24)14(3)26-18(23)12-10-16-9-11-17(27-16)15-7-5-4-6-8-15/h4-14H,1-3H3,(H2,21,22,24,25)/b12-10+. The quantitative estimate of drug-likeness (QED) is 0.587. The van der Waals surface area contributed by atoms with Crippen LogP contribution in [0.25, 0.3) is 16.5 Å². The molecule has 0 fully saturated rings. The number of rotatable bonds is 6. The van der Waals surface area contributed by atoms with Crippen molar-refractivity contribution in [3.8, 4) is 10.4 Å². The molecule has 2 N–H and O–H groups in total. The molecule has 0 aliphatic heterocycles. The van der Waals surface area contributed by atoms with Crippen molar-refractivity contribution >= 4 is 35.3 Å². The van der Waals surface area contributed by atoms with Crippen molar-refractivity contribution in [3.05, 3.63) is 53.4 Å². The number of carbonyl (C=O) groups excluding carboxylic acids is 3. The number of nitrogens with one attached hydrogen (secondary N) is 2. The van der Waals surface area contributed by atoms with Crippen molar-refractivity contribution in [2.75, 3.05) is 0 Å². The molecule has 2 rings (SSSR count). The minimum Gasteiger partial charge on any atom is -0.449 e. The van der Waals surface area contributed by atoms with Gasteiger partial charge in [0.05, 0.1) is 0 Å². The Kier molecular flexibility index (Phi) is 7.31.